The van der Waals surface area contributed by atoms with Crippen molar-refractivity contribution in [1.29, 1.82) is 0 Å². The summed E-state index contributed by atoms with van der Waals surface area (Å²) >= 11 is 1.36. The molecule has 0 aliphatic carbocycles. The van der Waals surface area contributed by atoms with Crippen molar-refractivity contribution in [3.05, 3.63) is 11.5 Å². The van der Waals surface area contributed by atoms with Gasteiger partial charge in [-0.3, -0.25) is 5.73 Å². The number of hydrogen-bond donors (Lipinski definition) is 1. The summed E-state index contributed by atoms with van der Waals surface area (Å²) < 4.78 is 0. The van der Waals surface area contributed by atoms with Crippen molar-refractivity contribution in [3.63, 3.8) is 0 Å². The Bertz CT molecular complexity index is 117. The van der Waals surface area contributed by atoms with Crippen LogP contribution in [0.25, 0.3) is 0 Å². The van der Waals surface area contributed by atoms with E-state index in [0.29, 0.717) is 0 Å². The summed E-state index contributed by atoms with van der Waals surface area (Å²) in [6, 6.07) is 0. The Labute approximate surface area is 45.8 Å². The highest BCUT2D eigenvalue weighted by Gasteiger charge is 1.88. The van der Waals surface area contributed by atoms with Crippen LogP contribution >= 0.6 is 11.9 Å². The topological polar surface area (TPSA) is 48.2 Å². The predicted molar refractivity (Wildman–Crippen MR) is 30.4 cm³/mol. The molecule has 0 saturated carbocycles. The summed E-state index contributed by atoms with van der Waals surface area (Å²) in [5.74, 6) is 0.277. The Morgan fingerprint density at radius 2 is 2.71 bits per heavy atom. The third-order valence-electron chi connectivity index (χ3n) is 0.513. The lowest BCUT2D eigenvalue weighted by atomic mass is 10.6. The van der Waals surface area contributed by atoms with Crippen LogP contribution in [0.1, 0.15) is 0 Å². The van der Waals surface area contributed by atoms with Gasteiger partial charge < -0.3 is 0 Å². The van der Waals surface area contributed by atoms with E-state index in [1.807, 2.05) is 0 Å². The second kappa shape index (κ2) is 1.88. The zero-order valence-electron chi connectivity index (χ0n) is 3.51. The first-order chi connectivity index (χ1) is 3.39. The maximum Gasteiger partial charge on any atom is 0.165 e. The first-order valence-corrected chi connectivity index (χ1v) is 2.64. The van der Waals surface area contributed by atoms with E-state index in [4.69, 9.17) is 5.73 Å². The molecule has 0 saturated heterocycles. The highest BCUT2D eigenvalue weighted by molar-refractivity contribution is 8.00. The van der Waals surface area contributed by atoms with Gasteiger partial charge in [0, 0.05) is 0 Å². The molecule has 7 heavy (non-hydrogen) atoms. The molecule has 0 amide bonds. The van der Waals surface area contributed by atoms with E-state index in [1.54, 1.807) is 11.5 Å². The zero-order chi connectivity index (χ0) is 5.11. The number of rotatable bonds is 0. The van der Waals surface area contributed by atoms with Crippen LogP contribution in [0.4, 0.5) is 0 Å². The summed E-state index contributed by atoms with van der Waals surface area (Å²) in [6.07, 6.45) is 1.63. The fourth-order valence-electron chi connectivity index (χ4n) is 0.242. The van der Waals surface area contributed by atoms with Gasteiger partial charge in [0.2, 0.25) is 0 Å². The minimum absolute atomic E-state index is 0.277. The fraction of sp³-hybridized carbons (Fsp3) is 0. The molecule has 0 atom stereocenters. The molecule has 1 aliphatic heterocycles. The number of nitrogens with one attached hydrogen (secondary N) is 2. The molecule has 0 fully saturated rings. The molecule has 0 aromatic heterocycles. The first-order valence-electron chi connectivity index (χ1n) is 1.76. The van der Waals surface area contributed by atoms with Gasteiger partial charge in [0.1, 0.15) is 0 Å². The van der Waals surface area contributed by atoms with Crippen LogP contribution in [-0.2, 0) is 0 Å². The molecule has 0 aromatic rings. The first kappa shape index (κ1) is 4.52. The lowest BCUT2D eigenvalue weighted by Gasteiger charge is -1.97. The Morgan fingerprint density at radius 1 is 1.86 bits per heavy atom. The van der Waals surface area contributed by atoms with Gasteiger partial charge in [-0.1, -0.05) is 0 Å². The summed E-state index contributed by atoms with van der Waals surface area (Å²) in [6.45, 7) is 0. The summed E-state index contributed by atoms with van der Waals surface area (Å²) in [5, 5.41) is 5.31. The molecule has 0 unspecified atom stereocenters. The fourth-order valence-corrected chi connectivity index (χ4v) is 0.651. The predicted octanol–water partition coefficient (Wildman–Crippen LogP) is 0.348. The van der Waals surface area contributed by atoms with Crippen molar-refractivity contribution in [2.75, 3.05) is 0 Å². The monoisotopic (exact) mass is 114 g/mol. The van der Waals surface area contributed by atoms with Crippen LogP contribution in [-0.4, -0.2) is 5.84 Å². The average molecular weight is 114 g/mol. The lowest BCUT2D eigenvalue weighted by Crippen LogP contribution is -2.04. The molecule has 1 heterocycles. The standard InChI is InChI=1S/C3H4N3S/c4-3-1-2-7-6-5-3/h1-2,4,6H. The zero-order valence-corrected chi connectivity index (χ0v) is 4.33. The van der Waals surface area contributed by atoms with Crippen LogP contribution in [0.2, 0.25) is 0 Å². The third-order valence-corrected chi connectivity index (χ3v) is 0.982. The Kier molecular flexibility index (Phi) is 1.21. The molecule has 37 valence electrons. The van der Waals surface area contributed by atoms with Gasteiger partial charge in [0.15, 0.2) is 5.84 Å². The van der Waals surface area contributed by atoms with Crippen molar-refractivity contribution in [2.24, 2.45) is 5.10 Å². The largest absolute Gasteiger partial charge is 0.281 e. The van der Waals surface area contributed by atoms with Gasteiger partial charge in [-0.25, -0.2) is 4.83 Å². The molecule has 4 heteroatoms. The van der Waals surface area contributed by atoms with E-state index >= 15 is 0 Å². The summed E-state index contributed by atoms with van der Waals surface area (Å²) in [7, 11) is 0. The minimum Gasteiger partial charge on any atom is -0.281 e. The quantitative estimate of drug-likeness (QED) is 0.462. The van der Waals surface area contributed by atoms with Crippen molar-refractivity contribution < 1.29 is 0 Å². The highest BCUT2D eigenvalue weighted by atomic mass is 32.2. The van der Waals surface area contributed by atoms with Crippen molar-refractivity contribution in [3.8, 4) is 0 Å². The Hall–Kier alpha value is -0.640. The van der Waals surface area contributed by atoms with E-state index < -0.39 is 0 Å². The van der Waals surface area contributed by atoms with Gasteiger partial charge in [-0.05, 0) is 23.4 Å². The van der Waals surface area contributed by atoms with E-state index in [-0.39, 0.29) is 5.84 Å². The second-order valence-electron chi connectivity index (χ2n) is 1.01. The maximum atomic E-state index is 6.86. The number of hydrogen-bond acceptors (Lipinski definition) is 3. The van der Waals surface area contributed by atoms with Crippen molar-refractivity contribution >= 4 is 17.8 Å². The van der Waals surface area contributed by atoms with Gasteiger partial charge in [-0.15, -0.1) is 5.10 Å². The molecule has 1 aliphatic rings. The Balaban J connectivity index is 2.58. The number of nitrogens with zero attached hydrogens (tertiary/aromatic N) is 1. The smallest absolute Gasteiger partial charge is 0.165 e. The molecule has 0 bridgehead atoms. The summed E-state index contributed by atoms with van der Waals surface area (Å²) in [4.78, 5) is 2.56. The lowest BCUT2D eigenvalue weighted by molar-refractivity contribution is 1.10. The average Bonchev–Trinajstić information content (AvgIpc) is 1.69. The maximum absolute atomic E-state index is 6.86. The molecule has 2 N–H and O–H groups in total. The Morgan fingerprint density at radius 3 is 3.00 bits per heavy atom. The van der Waals surface area contributed by atoms with Gasteiger partial charge in [0.25, 0.3) is 0 Å². The van der Waals surface area contributed by atoms with Crippen molar-refractivity contribution in [1.82, 2.24) is 10.6 Å². The number of hydrazone groups is 1. The van der Waals surface area contributed by atoms with Crippen LogP contribution in [0, 0.1) is 0 Å². The normalized spacial score (nSPS) is 18.0. The van der Waals surface area contributed by atoms with E-state index in [1.165, 1.54) is 11.9 Å². The molecular formula is C3H4N3S. The molecule has 0 aromatic carbocycles. The van der Waals surface area contributed by atoms with Crippen molar-refractivity contribution in [2.45, 2.75) is 0 Å². The molecule has 1 radical (unpaired) electrons. The van der Waals surface area contributed by atoms with Crippen LogP contribution in [0.15, 0.2) is 16.6 Å². The summed E-state index contributed by atoms with van der Waals surface area (Å²) in [5.41, 5.74) is 6.86. The van der Waals surface area contributed by atoms with Gasteiger partial charge >= 0.3 is 0 Å². The minimum atomic E-state index is 0.277. The molecule has 1 rings (SSSR count). The van der Waals surface area contributed by atoms with E-state index in [9.17, 15) is 0 Å². The van der Waals surface area contributed by atoms with Crippen LogP contribution in [0.3, 0.4) is 0 Å². The second-order valence-corrected chi connectivity index (χ2v) is 1.70. The molecular weight excluding hydrogens is 110 g/mol. The molecule has 0 spiro atoms. The number of amidine groups is 1. The third kappa shape index (κ3) is 1.12. The SMILES string of the molecule is [NH]C1=NNSC=C1. The van der Waals surface area contributed by atoms with Crippen LogP contribution < -0.4 is 10.6 Å². The van der Waals surface area contributed by atoms with Crippen LogP contribution in [0.5, 0.6) is 0 Å². The van der Waals surface area contributed by atoms with Gasteiger partial charge in [0.05, 0.1) is 0 Å². The molecule has 3 nitrogen and oxygen atoms in total. The highest BCUT2D eigenvalue weighted by Crippen LogP contribution is 1.98. The van der Waals surface area contributed by atoms with E-state index in [0.717, 1.165) is 0 Å². The van der Waals surface area contributed by atoms with E-state index in [2.05, 4.69) is 9.93 Å². The van der Waals surface area contributed by atoms with Gasteiger partial charge in [-0.2, -0.15) is 0 Å².